The van der Waals surface area contributed by atoms with E-state index in [9.17, 15) is 4.79 Å². The topological polar surface area (TPSA) is 77.2 Å². The Bertz CT molecular complexity index is 951. The maximum atomic E-state index is 12.6. The molecule has 0 saturated heterocycles. The van der Waals surface area contributed by atoms with Crippen LogP contribution in [0.4, 0.5) is 11.4 Å². The maximum absolute atomic E-state index is 12.6. The Hall–Kier alpha value is -2.31. The number of hydrogen-bond donors (Lipinski definition) is 2. The SMILES string of the molecule is CCOc1ccc(NC(=O)c2sc3nc(C)c(Cl)c(C)c3c2N)cc1. The summed E-state index contributed by atoms with van der Waals surface area (Å²) in [6, 6.07) is 7.19. The van der Waals surface area contributed by atoms with E-state index in [2.05, 4.69) is 10.3 Å². The van der Waals surface area contributed by atoms with Gasteiger partial charge in [-0.1, -0.05) is 11.6 Å². The van der Waals surface area contributed by atoms with Gasteiger partial charge < -0.3 is 15.8 Å². The van der Waals surface area contributed by atoms with E-state index >= 15 is 0 Å². The molecule has 25 heavy (non-hydrogen) atoms. The number of nitrogen functional groups attached to an aromatic ring is 1. The Morgan fingerprint density at radius 3 is 2.64 bits per heavy atom. The second-order valence-corrected chi connectivity index (χ2v) is 6.95. The van der Waals surface area contributed by atoms with Crippen LogP contribution in [0.15, 0.2) is 24.3 Å². The molecule has 5 nitrogen and oxygen atoms in total. The van der Waals surface area contributed by atoms with Gasteiger partial charge in [0.1, 0.15) is 15.5 Å². The summed E-state index contributed by atoms with van der Waals surface area (Å²) in [6.07, 6.45) is 0. The molecule has 1 aromatic carbocycles. The van der Waals surface area contributed by atoms with E-state index in [4.69, 9.17) is 22.1 Å². The third kappa shape index (κ3) is 3.27. The number of nitrogens with two attached hydrogens (primary N) is 1. The molecule has 0 saturated carbocycles. The number of pyridine rings is 1. The van der Waals surface area contributed by atoms with E-state index in [-0.39, 0.29) is 5.91 Å². The van der Waals surface area contributed by atoms with Crippen LogP contribution < -0.4 is 15.8 Å². The van der Waals surface area contributed by atoms with E-state index in [1.807, 2.05) is 32.9 Å². The fraction of sp³-hybridized carbons (Fsp3) is 0.222. The molecule has 3 N–H and O–H groups in total. The predicted octanol–water partition coefficient (Wildman–Crippen LogP) is 4.80. The summed E-state index contributed by atoms with van der Waals surface area (Å²) in [5, 5.41) is 4.18. The smallest absolute Gasteiger partial charge is 0.267 e. The molecule has 2 heterocycles. The van der Waals surface area contributed by atoms with Gasteiger partial charge in [-0.2, -0.15) is 0 Å². The summed E-state index contributed by atoms with van der Waals surface area (Å²) in [5.41, 5.74) is 8.86. The minimum absolute atomic E-state index is 0.266. The van der Waals surface area contributed by atoms with Gasteiger partial charge in [-0.3, -0.25) is 4.79 Å². The number of fused-ring (bicyclic) bond motifs is 1. The summed E-state index contributed by atoms with van der Waals surface area (Å²) in [5.74, 6) is 0.490. The highest BCUT2D eigenvalue weighted by molar-refractivity contribution is 7.21. The number of thiophene rings is 1. The highest BCUT2D eigenvalue weighted by atomic mass is 35.5. The highest BCUT2D eigenvalue weighted by Crippen LogP contribution is 2.38. The number of amides is 1. The molecule has 7 heteroatoms. The van der Waals surface area contributed by atoms with Gasteiger partial charge in [-0.15, -0.1) is 11.3 Å². The molecular weight excluding hydrogens is 358 g/mol. The van der Waals surface area contributed by atoms with E-state index in [1.54, 1.807) is 12.1 Å². The summed E-state index contributed by atoms with van der Waals surface area (Å²) < 4.78 is 5.39. The largest absolute Gasteiger partial charge is 0.494 e. The van der Waals surface area contributed by atoms with Crippen LogP contribution in [0, 0.1) is 13.8 Å². The van der Waals surface area contributed by atoms with Gasteiger partial charge in [0.2, 0.25) is 0 Å². The number of anilines is 2. The third-order valence-corrected chi connectivity index (χ3v) is 5.50. The lowest BCUT2D eigenvalue weighted by Gasteiger charge is -2.07. The average Bonchev–Trinajstić information content (AvgIpc) is 2.91. The number of aromatic nitrogens is 1. The summed E-state index contributed by atoms with van der Waals surface area (Å²) in [4.78, 5) is 18.2. The minimum atomic E-state index is -0.266. The van der Waals surface area contributed by atoms with Crippen molar-refractivity contribution in [3.63, 3.8) is 0 Å². The fourth-order valence-corrected chi connectivity index (χ4v) is 3.85. The molecule has 3 rings (SSSR count). The fourth-order valence-electron chi connectivity index (χ4n) is 2.61. The Labute approximate surface area is 154 Å². The first-order valence-corrected chi connectivity index (χ1v) is 9.00. The number of benzene rings is 1. The van der Waals surface area contributed by atoms with Crippen molar-refractivity contribution in [2.24, 2.45) is 0 Å². The molecule has 1 amide bonds. The van der Waals surface area contributed by atoms with Crippen LogP contribution in [-0.2, 0) is 0 Å². The highest BCUT2D eigenvalue weighted by Gasteiger charge is 2.20. The Morgan fingerprint density at radius 2 is 2.00 bits per heavy atom. The number of nitrogens with one attached hydrogen (secondary N) is 1. The van der Waals surface area contributed by atoms with Crippen LogP contribution in [0.5, 0.6) is 5.75 Å². The zero-order valence-electron chi connectivity index (χ0n) is 14.1. The van der Waals surface area contributed by atoms with Gasteiger partial charge in [0, 0.05) is 11.1 Å². The molecule has 0 spiro atoms. The molecule has 0 aliphatic carbocycles. The quantitative estimate of drug-likeness (QED) is 0.686. The Kier molecular flexibility index (Phi) is 4.83. The molecule has 0 radical (unpaired) electrons. The van der Waals surface area contributed by atoms with Crippen molar-refractivity contribution in [1.82, 2.24) is 4.98 Å². The van der Waals surface area contributed by atoms with E-state index in [1.165, 1.54) is 11.3 Å². The van der Waals surface area contributed by atoms with Crippen LogP contribution >= 0.6 is 22.9 Å². The number of halogens is 1. The average molecular weight is 376 g/mol. The molecule has 0 aliphatic rings. The zero-order valence-corrected chi connectivity index (χ0v) is 15.7. The summed E-state index contributed by atoms with van der Waals surface area (Å²) in [6.45, 7) is 6.24. The Morgan fingerprint density at radius 1 is 1.32 bits per heavy atom. The monoisotopic (exact) mass is 375 g/mol. The standard InChI is InChI=1S/C18H18ClN3O2S/c1-4-24-12-7-5-11(6-8-12)22-17(23)16-15(20)13-9(2)14(19)10(3)21-18(13)25-16/h5-8H,4,20H2,1-3H3,(H,22,23). The first-order valence-electron chi connectivity index (χ1n) is 7.81. The lowest BCUT2D eigenvalue weighted by atomic mass is 10.1. The van der Waals surface area contributed by atoms with Gasteiger partial charge in [0.15, 0.2) is 0 Å². The van der Waals surface area contributed by atoms with Gasteiger partial charge in [0.25, 0.3) is 5.91 Å². The van der Waals surface area contributed by atoms with Crippen LogP contribution in [0.1, 0.15) is 27.9 Å². The summed E-state index contributed by atoms with van der Waals surface area (Å²) >= 11 is 7.53. The second kappa shape index (κ2) is 6.90. The molecule has 0 bridgehead atoms. The molecule has 130 valence electrons. The number of rotatable bonds is 4. The first-order chi connectivity index (χ1) is 11.9. The predicted molar refractivity (Wildman–Crippen MR) is 104 cm³/mol. The zero-order chi connectivity index (χ0) is 18.1. The van der Waals surface area contributed by atoms with Gasteiger partial charge in [0.05, 0.1) is 23.0 Å². The number of ether oxygens (including phenoxy) is 1. The number of carbonyl (C=O) groups is 1. The van der Waals surface area contributed by atoms with Crippen molar-refractivity contribution in [2.75, 3.05) is 17.7 Å². The second-order valence-electron chi connectivity index (χ2n) is 5.57. The number of aryl methyl sites for hydroxylation is 2. The molecule has 0 atom stereocenters. The first kappa shape index (κ1) is 17.5. The van der Waals surface area contributed by atoms with Crippen molar-refractivity contribution in [1.29, 1.82) is 0 Å². The number of nitrogens with zero attached hydrogens (tertiary/aromatic N) is 1. The van der Waals surface area contributed by atoms with Crippen molar-refractivity contribution in [3.8, 4) is 5.75 Å². The lowest BCUT2D eigenvalue weighted by Crippen LogP contribution is -2.11. The Balaban J connectivity index is 1.92. The van der Waals surface area contributed by atoms with E-state index in [0.717, 1.165) is 22.4 Å². The van der Waals surface area contributed by atoms with Gasteiger partial charge in [-0.05, 0) is 50.6 Å². The van der Waals surface area contributed by atoms with Crippen molar-refractivity contribution >= 4 is 50.4 Å². The number of hydrogen-bond acceptors (Lipinski definition) is 5. The third-order valence-electron chi connectivity index (χ3n) is 3.85. The molecule has 2 aromatic heterocycles. The van der Waals surface area contributed by atoms with Crippen LogP contribution in [0.25, 0.3) is 10.2 Å². The van der Waals surface area contributed by atoms with E-state index in [0.29, 0.717) is 32.7 Å². The van der Waals surface area contributed by atoms with Crippen molar-refractivity contribution < 1.29 is 9.53 Å². The molecule has 0 fully saturated rings. The van der Waals surface area contributed by atoms with Crippen molar-refractivity contribution in [2.45, 2.75) is 20.8 Å². The molecule has 0 unspecified atom stereocenters. The molecule has 3 aromatic rings. The van der Waals surface area contributed by atoms with Crippen molar-refractivity contribution in [3.05, 3.63) is 45.4 Å². The van der Waals surface area contributed by atoms with Gasteiger partial charge >= 0.3 is 0 Å². The minimum Gasteiger partial charge on any atom is -0.494 e. The van der Waals surface area contributed by atoms with E-state index < -0.39 is 0 Å². The molecular formula is C18H18ClN3O2S. The summed E-state index contributed by atoms with van der Waals surface area (Å²) in [7, 11) is 0. The van der Waals surface area contributed by atoms with Crippen LogP contribution in [0.3, 0.4) is 0 Å². The van der Waals surface area contributed by atoms with Crippen LogP contribution in [-0.4, -0.2) is 17.5 Å². The molecule has 0 aliphatic heterocycles. The number of carbonyl (C=O) groups excluding carboxylic acids is 1. The maximum Gasteiger partial charge on any atom is 0.267 e. The van der Waals surface area contributed by atoms with Crippen LogP contribution in [0.2, 0.25) is 5.02 Å². The lowest BCUT2D eigenvalue weighted by molar-refractivity contribution is 0.103. The normalized spacial score (nSPS) is 10.9. The van der Waals surface area contributed by atoms with Gasteiger partial charge in [-0.25, -0.2) is 4.98 Å².